The van der Waals surface area contributed by atoms with Gasteiger partial charge in [0.2, 0.25) is 0 Å². The maximum absolute atomic E-state index is 8.92. The minimum absolute atomic E-state index is 0.291. The third-order valence-electron chi connectivity index (χ3n) is 2.98. The zero-order valence-electron chi connectivity index (χ0n) is 8.03. The minimum Gasteiger partial charge on any atom is -0.396 e. The van der Waals surface area contributed by atoms with Gasteiger partial charge in [0, 0.05) is 19.3 Å². The molecule has 0 bridgehead atoms. The molecule has 1 N–H and O–H groups in total. The summed E-state index contributed by atoms with van der Waals surface area (Å²) in [6.45, 7) is 0.291. The van der Waals surface area contributed by atoms with Crippen molar-refractivity contribution in [3.63, 3.8) is 0 Å². The highest BCUT2D eigenvalue weighted by Crippen LogP contribution is 2.33. The smallest absolute Gasteiger partial charge is 0.0527 e. The molecule has 0 amide bonds. The van der Waals surface area contributed by atoms with E-state index in [2.05, 4.69) is 5.10 Å². The molecule has 0 saturated heterocycles. The number of hydrogen-bond donors (Lipinski definition) is 1. The van der Waals surface area contributed by atoms with Gasteiger partial charge in [-0.15, -0.1) is 0 Å². The Kier molecular flexibility index (Phi) is 2.36. The van der Waals surface area contributed by atoms with Crippen LogP contribution in [0.25, 0.3) is 0 Å². The Balaban J connectivity index is 2.27. The first kappa shape index (κ1) is 8.75. The molecule has 1 heterocycles. The van der Waals surface area contributed by atoms with Crippen molar-refractivity contribution in [1.82, 2.24) is 9.78 Å². The van der Waals surface area contributed by atoms with Gasteiger partial charge < -0.3 is 5.11 Å². The number of aryl methyl sites for hydroxylation is 1. The van der Waals surface area contributed by atoms with Gasteiger partial charge in [-0.1, -0.05) is 0 Å². The Labute approximate surface area is 78.4 Å². The summed E-state index contributed by atoms with van der Waals surface area (Å²) >= 11 is 0. The van der Waals surface area contributed by atoms with E-state index in [1.807, 2.05) is 17.9 Å². The number of aliphatic hydroxyl groups is 1. The van der Waals surface area contributed by atoms with Crippen molar-refractivity contribution in [3.8, 4) is 0 Å². The molecule has 1 aromatic heterocycles. The zero-order valence-corrected chi connectivity index (χ0v) is 8.03. The number of hydrogen-bond acceptors (Lipinski definition) is 2. The highest BCUT2D eigenvalue weighted by Gasteiger charge is 2.22. The van der Waals surface area contributed by atoms with Crippen molar-refractivity contribution >= 4 is 0 Å². The summed E-state index contributed by atoms with van der Waals surface area (Å²) in [5.74, 6) is 0.544. The van der Waals surface area contributed by atoms with E-state index >= 15 is 0 Å². The maximum Gasteiger partial charge on any atom is 0.0527 e. The zero-order chi connectivity index (χ0) is 9.26. The van der Waals surface area contributed by atoms with Crippen LogP contribution in [0, 0.1) is 0 Å². The van der Waals surface area contributed by atoms with Crippen molar-refractivity contribution in [2.45, 2.75) is 31.6 Å². The van der Waals surface area contributed by atoms with Crippen LogP contribution in [0.3, 0.4) is 0 Å². The molecule has 1 atom stereocenters. The van der Waals surface area contributed by atoms with Crippen LogP contribution in [-0.4, -0.2) is 21.5 Å². The van der Waals surface area contributed by atoms with Gasteiger partial charge in [0.15, 0.2) is 0 Å². The Bertz CT molecular complexity index is 293. The normalized spacial score (nSPS) is 21.5. The highest BCUT2D eigenvalue weighted by atomic mass is 16.3. The van der Waals surface area contributed by atoms with E-state index in [0.29, 0.717) is 12.5 Å². The number of aliphatic hydroxyl groups excluding tert-OH is 1. The number of aromatic nitrogens is 2. The summed E-state index contributed by atoms with van der Waals surface area (Å²) in [4.78, 5) is 0. The Morgan fingerprint density at radius 2 is 2.54 bits per heavy atom. The fraction of sp³-hybridized carbons (Fsp3) is 0.700. The van der Waals surface area contributed by atoms with Crippen LogP contribution in [0.2, 0.25) is 0 Å². The third kappa shape index (κ3) is 1.48. The Morgan fingerprint density at radius 1 is 1.69 bits per heavy atom. The summed E-state index contributed by atoms with van der Waals surface area (Å²) in [6, 6.07) is 0. The molecule has 0 radical (unpaired) electrons. The van der Waals surface area contributed by atoms with Crippen molar-refractivity contribution in [3.05, 3.63) is 17.5 Å². The van der Waals surface area contributed by atoms with Crippen molar-refractivity contribution in [2.75, 3.05) is 6.61 Å². The summed E-state index contributed by atoms with van der Waals surface area (Å²) in [5, 5.41) is 13.2. The number of rotatable bonds is 2. The fourth-order valence-corrected chi connectivity index (χ4v) is 2.25. The molecule has 0 fully saturated rings. The second-order valence-corrected chi connectivity index (χ2v) is 3.77. The lowest BCUT2D eigenvalue weighted by molar-refractivity contribution is 0.269. The molecule has 1 aromatic rings. The van der Waals surface area contributed by atoms with Crippen molar-refractivity contribution < 1.29 is 5.11 Å². The first-order valence-electron chi connectivity index (χ1n) is 4.94. The van der Waals surface area contributed by atoms with Crippen molar-refractivity contribution in [1.29, 1.82) is 0 Å². The average molecular weight is 180 g/mol. The number of fused-ring (bicyclic) bond motifs is 1. The molecule has 1 unspecified atom stereocenters. The summed E-state index contributed by atoms with van der Waals surface area (Å²) in [5.41, 5.74) is 2.73. The summed E-state index contributed by atoms with van der Waals surface area (Å²) in [7, 11) is 2.00. The van der Waals surface area contributed by atoms with Gasteiger partial charge >= 0.3 is 0 Å². The quantitative estimate of drug-likeness (QED) is 0.743. The second-order valence-electron chi connectivity index (χ2n) is 3.77. The van der Waals surface area contributed by atoms with E-state index in [1.165, 1.54) is 24.1 Å². The second kappa shape index (κ2) is 3.50. The molecule has 1 aliphatic rings. The lowest BCUT2D eigenvalue weighted by atomic mass is 9.85. The van der Waals surface area contributed by atoms with Crippen LogP contribution in [0.1, 0.15) is 36.4 Å². The van der Waals surface area contributed by atoms with Crippen LogP contribution in [0.5, 0.6) is 0 Å². The Hall–Kier alpha value is -0.830. The topological polar surface area (TPSA) is 38.0 Å². The monoisotopic (exact) mass is 180 g/mol. The molecular weight excluding hydrogens is 164 g/mol. The van der Waals surface area contributed by atoms with Crippen LogP contribution in [0.15, 0.2) is 6.20 Å². The molecule has 0 aromatic carbocycles. The lowest BCUT2D eigenvalue weighted by Gasteiger charge is -2.21. The van der Waals surface area contributed by atoms with Gasteiger partial charge in [-0.3, -0.25) is 4.68 Å². The molecule has 3 heteroatoms. The molecule has 3 nitrogen and oxygen atoms in total. The predicted molar refractivity (Wildman–Crippen MR) is 50.6 cm³/mol. The molecule has 2 rings (SSSR count). The molecule has 0 spiro atoms. The fourth-order valence-electron chi connectivity index (χ4n) is 2.25. The van der Waals surface area contributed by atoms with Gasteiger partial charge in [0.25, 0.3) is 0 Å². The van der Waals surface area contributed by atoms with E-state index < -0.39 is 0 Å². The van der Waals surface area contributed by atoms with E-state index in [4.69, 9.17) is 5.11 Å². The standard InChI is InChI=1S/C10H16N2O/c1-12-10-4-2-3-8(5-6-13)9(10)7-11-12/h7-8,13H,2-6H2,1H3. The highest BCUT2D eigenvalue weighted by molar-refractivity contribution is 5.25. The van der Waals surface area contributed by atoms with E-state index in [0.717, 1.165) is 12.8 Å². The minimum atomic E-state index is 0.291. The van der Waals surface area contributed by atoms with Gasteiger partial charge in [-0.05, 0) is 37.2 Å². The van der Waals surface area contributed by atoms with E-state index in [1.54, 1.807) is 0 Å². The van der Waals surface area contributed by atoms with Crippen LogP contribution in [0.4, 0.5) is 0 Å². The van der Waals surface area contributed by atoms with Gasteiger partial charge in [0.05, 0.1) is 6.20 Å². The van der Waals surface area contributed by atoms with Crippen LogP contribution >= 0.6 is 0 Å². The van der Waals surface area contributed by atoms with Crippen LogP contribution < -0.4 is 0 Å². The lowest BCUT2D eigenvalue weighted by Crippen LogP contribution is -2.12. The third-order valence-corrected chi connectivity index (χ3v) is 2.98. The van der Waals surface area contributed by atoms with E-state index in [-0.39, 0.29) is 0 Å². The van der Waals surface area contributed by atoms with Crippen LogP contribution in [-0.2, 0) is 13.5 Å². The van der Waals surface area contributed by atoms with Gasteiger partial charge in [0.1, 0.15) is 0 Å². The maximum atomic E-state index is 8.92. The van der Waals surface area contributed by atoms with Gasteiger partial charge in [-0.25, -0.2) is 0 Å². The van der Waals surface area contributed by atoms with E-state index in [9.17, 15) is 0 Å². The predicted octanol–water partition coefficient (Wildman–Crippen LogP) is 1.22. The molecule has 0 saturated carbocycles. The summed E-state index contributed by atoms with van der Waals surface area (Å²) in [6.07, 6.45) is 6.44. The number of nitrogens with zero attached hydrogens (tertiary/aromatic N) is 2. The molecule has 0 aliphatic heterocycles. The van der Waals surface area contributed by atoms with Crippen molar-refractivity contribution in [2.24, 2.45) is 7.05 Å². The molecule has 1 aliphatic carbocycles. The Morgan fingerprint density at radius 3 is 3.31 bits per heavy atom. The molecule has 72 valence electrons. The van der Waals surface area contributed by atoms with Gasteiger partial charge in [-0.2, -0.15) is 5.10 Å². The first-order chi connectivity index (χ1) is 6.33. The SMILES string of the molecule is Cn1ncc2c1CCCC2CCO. The first-order valence-corrected chi connectivity index (χ1v) is 4.94. The molecular formula is C10H16N2O. The summed E-state index contributed by atoms with van der Waals surface area (Å²) < 4.78 is 1.97. The average Bonchev–Trinajstić information content (AvgIpc) is 2.50. The largest absolute Gasteiger partial charge is 0.396 e. The molecule has 13 heavy (non-hydrogen) atoms.